The molecule has 1 fully saturated rings. The molecule has 0 radical (unpaired) electrons. The molecule has 1 aromatic carbocycles. The zero-order valence-corrected chi connectivity index (χ0v) is 15.4. The third-order valence-electron chi connectivity index (χ3n) is 3.57. The van der Waals surface area contributed by atoms with Gasteiger partial charge < -0.3 is 5.32 Å². The molecule has 6 nitrogen and oxygen atoms in total. The van der Waals surface area contributed by atoms with Gasteiger partial charge in [-0.05, 0) is 18.6 Å². The predicted molar refractivity (Wildman–Crippen MR) is 94.9 cm³/mol. The second kappa shape index (κ2) is 10.1. The smallest absolute Gasteiger partial charge is 0.241 e. The minimum Gasteiger partial charge on any atom is -0.314 e. The van der Waals surface area contributed by atoms with E-state index >= 15 is 0 Å². The number of hydrogen-bond donors (Lipinski definition) is 2. The Kier molecular flexibility index (Phi) is 9.70. The quantitative estimate of drug-likeness (QED) is 0.792. The zero-order chi connectivity index (χ0) is 15.3. The lowest BCUT2D eigenvalue weighted by Gasteiger charge is -2.27. The normalized spacial score (nSPS) is 15.1. The maximum Gasteiger partial charge on any atom is 0.241 e. The number of rotatable bonds is 5. The summed E-state index contributed by atoms with van der Waals surface area (Å²) in [5, 5.41) is 12.4. The van der Waals surface area contributed by atoms with Crippen LogP contribution in [0.25, 0.3) is 0 Å². The monoisotopic (exact) mass is 380 g/mol. The van der Waals surface area contributed by atoms with E-state index in [1.165, 1.54) is 6.07 Å². The van der Waals surface area contributed by atoms with Crippen LogP contribution in [0, 0.1) is 18.3 Å². The molecule has 0 spiro atoms. The highest BCUT2D eigenvalue weighted by atomic mass is 35.5. The summed E-state index contributed by atoms with van der Waals surface area (Å²) in [4.78, 5) is 2.27. The molecule has 0 saturated carbocycles. The number of halogens is 2. The van der Waals surface area contributed by atoms with Crippen molar-refractivity contribution in [2.45, 2.75) is 11.8 Å². The van der Waals surface area contributed by atoms with Crippen molar-refractivity contribution in [3.05, 3.63) is 29.3 Å². The molecule has 0 unspecified atom stereocenters. The summed E-state index contributed by atoms with van der Waals surface area (Å²) < 4.78 is 27.2. The van der Waals surface area contributed by atoms with Crippen LogP contribution in [0.3, 0.4) is 0 Å². The van der Waals surface area contributed by atoms with Crippen molar-refractivity contribution in [3.63, 3.8) is 0 Å². The fourth-order valence-electron chi connectivity index (χ4n) is 2.36. The first-order valence-electron chi connectivity index (χ1n) is 6.97. The maximum atomic E-state index is 12.3. The lowest BCUT2D eigenvalue weighted by Crippen LogP contribution is -2.46. The molecular formula is C14H22Cl2N4O2S. The van der Waals surface area contributed by atoms with Gasteiger partial charge in [0.25, 0.3) is 0 Å². The third kappa shape index (κ3) is 5.92. The number of aryl methyl sites for hydroxylation is 1. The van der Waals surface area contributed by atoms with Crippen molar-refractivity contribution in [1.82, 2.24) is 14.9 Å². The standard InChI is InChI=1S/C14H20N4O2S.2ClH/c1-12-3-2-4-14(13(12)11-15)21(19,20)17-7-10-18-8-5-16-6-9-18;;/h2-4,16-17H,5-10H2,1H3;2*1H. The summed E-state index contributed by atoms with van der Waals surface area (Å²) in [6.07, 6.45) is 0. The number of nitrogens with one attached hydrogen (secondary N) is 2. The first-order valence-corrected chi connectivity index (χ1v) is 8.45. The van der Waals surface area contributed by atoms with Crippen molar-refractivity contribution in [3.8, 4) is 6.07 Å². The number of nitriles is 1. The van der Waals surface area contributed by atoms with Gasteiger partial charge in [-0.25, -0.2) is 13.1 Å². The van der Waals surface area contributed by atoms with Gasteiger partial charge >= 0.3 is 0 Å². The third-order valence-corrected chi connectivity index (χ3v) is 5.07. The average Bonchev–Trinajstić information content (AvgIpc) is 2.48. The summed E-state index contributed by atoms with van der Waals surface area (Å²) in [5.74, 6) is 0. The summed E-state index contributed by atoms with van der Waals surface area (Å²) in [7, 11) is -3.64. The lowest BCUT2D eigenvalue weighted by atomic mass is 10.1. The summed E-state index contributed by atoms with van der Waals surface area (Å²) in [6, 6.07) is 6.83. The molecule has 9 heteroatoms. The molecule has 0 amide bonds. The first-order chi connectivity index (χ1) is 10.0. The van der Waals surface area contributed by atoms with Gasteiger partial charge in [-0.15, -0.1) is 24.8 Å². The summed E-state index contributed by atoms with van der Waals surface area (Å²) in [5.41, 5.74) is 0.884. The molecule has 0 aromatic heterocycles. The maximum absolute atomic E-state index is 12.3. The van der Waals surface area contributed by atoms with Gasteiger partial charge in [0.05, 0.1) is 10.5 Å². The van der Waals surface area contributed by atoms with E-state index in [1.807, 2.05) is 6.07 Å². The van der Waals surface area contributed by atoms with Gasteiger partial charge in [0.2, 0.25) is 10.0 Å². The number of sulfonamides is 1. The lowest BCUT2D eigenvalue weighted by molar-refractivity contribution is 0.245. The van der Waals surface area contributed by atoms with Crippen LogP contribution in [0.15, 0.2) is 23.1 Å². The van der Waals surface area contributed by atoms with Gasteiger partial charge in [0.15, 0.2) is 0 Å². The summed E-state index contributed by atoms with van der Waals surface area (Å²) >= 11 is 0. The van der Waals surface area contributed by atoms with Crippen molar-refractivity contribution < 1.29 is 8.42 Å². The second-order valence-electron chi connectivity index (χ2n) is 5.05. The Morgan fingerprint density at radius 1 is 1.30 bits per heavy atom. The Labute approximate surface area is 150 Å². The van der Waals surface area contributed by atoms with E-state index in [9.17, 15) is 8.42 Å². The Morgan fingerprint density at radius 2 is 1.96 bits per heavy atom. The van der Waals surface area contributed by atoms with Crippen molar-refractivity contribution in [2.75, 3.05) is 39.3 Å². The van der Waals surface area contributed by atoms with Crippen LogP contribution in [-0.2, 0) is 10.0 Å². The molecule has 130 valence electrons. The number of piperazine rings is 1. The van der Waals surface area contributed by atoms with E-state index in [0.29, 0.717) is 18.7 Å². The fraction of sp³-hybridized carbons (Fsp3) is 0.500. The molecule has 23 heavy (non-hydrogen) atoms. The van der Waals surface area contributed by atoms with Gasteiger partial charge in [0, 0.05) is 39.3 Å². The van der Waals surface area contributed by atoms with E-state index in [-0.39, 0.29) is 35.3 Å². The highest BCUT2D eigenvalue weighted by Gasteiger charge is 2.19. The largest absolute Gasteiger partial charge is 0.314 e. The molecule has 1 saturated heterocycles. The predicted octanol–water partition coefficient (Wildman–Crippen LogP) is 0.894. The molecule has 1 aliphatic heterocycles. The Hall–Kier alpha value is -0.880. The number of hydrogen-bond acceptors (Lipinski definition) is 5. The van der Waals surface area contributed by atoms with Crippen LogP contribution in [0.1, 0.15) is 11.1 Å². The van der Waals surface area contributed by atoms with Crippen LogP contribution >= 0.6 is 24.8 Å². The van der Waals surface area contributed by atoms with Crippen LogP contribution in [-0.4, -0.2) is 52.6 Å². The van der Waals surface area contributed by atoms with Gasteiger partial charge in [0.1, 0.15) is 6.07 Å². The molecule has 1 aromatic rings. The molecule has 2 N–H and O–H groups in total. The van der Waals surface area contributed by atoms with E-state index < -0.39 is 10.0 Å². The van der Waals surface area contributed by atoms with E-state index in [4.69, 9.17) is 5.26 Å². The molecule has 0 aliphatic carbocycles. The van der Waals surface area contributed by atoms with Crippen molar-refractivity contribution in [1.29, 1.82) is 5.26 Å². The van der Waals surface area contributed by atoms with Gasteiger partial charge in [-0.1, -0.05) is 12.1 Å². The fourth-order valence-corrected chi connectivity index (χ4v) is 3.61. The molecule has 1 heterocycles. The number of nitrogens with zero attached hydrogens (tertiary/aromatic N) is 2. The number of benzene rings is 1. The average molecular weight is 381 g/mol. The van der Waals surface area contributed by atoms with E-state index in [0.717, 1.165) is 26.2 Å². The molecule has 0 atom stereocenters. The summed E-state index contributed by atoms with van der Waals surface area (Å²) in [6.45, 7) is 6.48. The van der Waals surface area contributed by atoms with Crippen LogP contribution in [0.5, 0.6) is 0 Å². The Morgan fingerprint density at radius 3 is 2.57 bits per heavy atom. The van der Waals surface area contributed by atoms with Crippen molar-refractivity contribution in [2.24, 2.45) is 0 Å². The molecular weight excluding hydrogens is 359 g/mol. The van der Waals surface area contributed by atoms with Crippen LogP contribution in [0.4, 0.5) is 0 Å². The van der Waals surface area contributed by atoms with Crippen LogP contribution < -0.4 is 10.0 Å². The second-order valence-corrected chi connectivity index (χ2v) is 6.78. The molecule has 2 rings (SSSR count). The molecule has 0 bridgehead atoms. The SMILES string of the molecule is Cc1cccc(S(=O)(=O)NCCN2CCNCC2)c1C#N.Cl.Cl. The van der Waals surface area contributed by atoms with Crippen molar-refractivity contribution >= 4 is 34.8 Å². The van der Waals surface area contributed by atoms with E-state index in [1.54, 1.807) is 19.1 Å². The highest BCUT2D eigenvalue weighted by molar-refractivity contribution is 7.89. The van der Waals surface area contributed by atoms with Gasteiger partial charge in [-0.3, -0.25) is 4.90 Å². The Balaban J connectivity index is 0.00000242. The Bertz CT molecular complexity index is 641. The zero-order valence-electron chi connectivity index (χ0n) is 12.9. The first kappa shape index (κ1) is 22.1. The topological polar surface area (TPSA) is 85.2 Å². The van der Waals surface area contributed by atoms with Crippen LogP contribution in [0.2, 0.25) is 0 Å². The highest BCUT2D eigenvalue weighted by Crippen LogP contribution is 2.18. The minimum atomic E-state index is -3.64. The van der Waals surface area contributed by atoms with E-state index in [2.05, 4.69) is 14.9 Å². The van der Waals surface area contributed by atoms with Gasteiger partial charge in [-0.2, -0.15) is 5.26 Å². The molecule has 1 aliphatic rings. The minimum absolute atomic E-state index is 0.